The second kappa shape index (κ2) is 9.28. The van der Waals surface area contributed by atoms with Crippen molar-refractivity contribution >= 4 is 44.2 Å². The number of benzene rings is 2. The average Bonchev–Trinajstić information content (AvgIpc) is 2.70. The Morgan fingerprint density at radius 2 is 1.73 bits per heavy atom. The van der Waals surface area contributed by atoms with E-state index in [2.05, 4.69) is 72.9 Å². The van der Waals surface area contributed by atoms with Crippen LogP contribution in [0.4, 0.5) is 0 Å². The highest BCUT2D eigenvalue weighted by molar-refractivity contribution is 14.1. The Labute approximate surface area is 175 Å². The van der Waals surface area contributed by atoms with Crippen LogP contribution in [-0.2, 0) is 4.43 Å². The zero-order valence-corrected chi connectivity index (χ0v) is 17.8. The molecule has 2 aromatic carbocycles. The maximum Gasteiger partial charge on any atom is 0.0878 e. The number of aromatic nitrogens is 1. The van der Waals surface area contributed by atoms with E-state index in [0.717, 1.165) is 20.2 Å². The molecule has 3 rings (SSSR count). The highest BCUT2D eigenvalue weighted by atomic mass is 127. The molecule has 0 radical (unpaired) electrons. The van der Waals surface area contributed by atoms with Gasteiger partial charge in [0.25, 0.3) is 0 Å². The predicted octanol–water partition coefficient (Wildman–Crippen LogP) is 6.18. The first-order valence-corrected chi connectivity index (χ1v) is 10.6. The lowest BCUT2D eigenvalue weighted by Gasteiger charge is -2.19. The van der Waals surface area contributed by atoms with Crippen LogP contribution in [0, 0.1) is 0 Å². The minimum absolute atomic E-state index is 0.103. The number of hydrogen-bond acceptors (Lipinski definition) is 3. The largest absolute Gasteiger partial charge is 0.411 e. The van der Waals surface area contributed by atoms with Crippen LogP contribution in [0.25, 0.3) is 0 Å². The Morgan fingerprint density at radius 1 is 1.04 bits per heavy atom. The minimum atomic E-state index is 0.103. The second-order valence-corrected chi connectivity index (χ2v) is 7.61. The molecule has 0 amide bonds. The van der Waals surface area contributed by atoms with Gasteiger partial charge in [-0.25, -0.2) is 0 Å². The summed E-state index contributed by atoms with van der Waals surface area (Å²) in [5, 5.41) is 13.3. The van der Waals surface area contributed by atoms with Crippen molar-refractivity contribution in [1.82, 2.24) is 4.98 Å². The van der Waals surface area contributed by atoms with E-state index >= 15 is 0 Å². The van der Waals surface area contributed by atoms with E-state index in [1.54, 1.807) is 6.20 Å². The van der Waals surface area contributed by atoms with E-state index in [1.165, 1.54) is 11.1 Å². The summed E-state index contributed by atoms with van der Waals surface area (Å²) in [6.45, 7) is 0. The third-order valence-electron chi connectivity index (χ3n) is 4.28. The molecule has 0 spiro atoms. The molecule has 3 aromatic rings. The molecule has 3 nitrogen and oxygen atoms in total. The van der Waals surface area contributed by atoms with Gasteiger partial charge in [0.2, 0.25) is 0 Å². The third kappa shape index (κ3) is 4.71. The molecule has 132 valence electrons. The van der Waals surface area contributed by atoms with Gasteiger partial charge < -0.3 is 5.21 Å². The van der Waals surface area contributed by atoms with Gasteiger partial charge in [0.1, 0.15) is 0 Å². The first-order chi connectivity index (χ1) is 12.7. The maximum atomic E-state index is 9.69. The zero-order valence-electron chi connectivity index (χ0n) is 14.0. The Bertz CT molecular complexity index is 882. The fourth-order valence-corrected chi connectivity index (χ4v) is 3.63. The van der Waals surface area contributed by atoms with E-state index < -0.39 is 0 Å². The van der Waals surface area contributed by atoms with E-state index in [9.17, 15) is 5.21 Å². The summed E-state index contributed by atoms with van der Waals surface area (Å²) >= 11 is 5.78. The summed E-state index contributed by atoms with van der Waals surface area (Å²) in [7, 11) is 0. The number of pyridine rings is 1. The molecule has 0 bridgehead atoms. The molecule has 1 N–H and O–H groups in total. The van der Waals surface area contributed by atoms with Crippen LogP contribution in [0.15, 0.2) is 82.6 Å². The van der Waals surface area contributed by atoms with Crippen LogP contribution in [-0.4, -0.2) is 15.9 Å². The van der Waals surface area contributed by atoms with E-state index in [1.807, 2.05) is 42.5 Å². The molecule has 1 atom stereocenters. The molecule has 5 heteroatoms. The lowest BCUT2D eigenvalue weighted by atomic mass is 9.85. The monoisotopic (exact) mass is 520 g/mol. The summed E-state index contributed by atoms with van der Waals surface area (Å²) in [6, 6.07) is 22.5. The van der Waals surface area contributed by atoms with Crippen molar-refractivity contribution in [2.24, 2.45) is 5.16 Å². The topological polar surface area (TPSA) is 45.5 Å². The number of alkyl halides is 1. The first-order valence-electron chi connectivity index (χ1n) is 8.24. The highest BCUT2D eigenvalue weighted by Crippen LogP contribution is 2.30. The Morgan fingerprint density at radius 3 is 2.38 bits per heavy atom. The van der Waals surface area contributed by atoms with Crippen LogP contribution in [0.1, 0.15) is 34.7 Å². The van der Waals surface area contributed by atoms with E-state index in [0.29, 0.717) is 12.1 Å². The Hall–Kier alpha value is -1.73. The number of halogens is 2. The van der Waals surface area contributed by atoms with Gasteiger partial charge in [-0.05, 0) is 35.4 Å². The molecular formula is C21H18BrIN2O. The fraction of sp³-hybridized carbons (Fsp3) is 0.143. The lowest BCUT2D eigenvalue weighted by molar-refractivity contribution is 0.317. The van der Waals surface area contributed by atoms with Gasteiger partial charge in [0.15, 0.2) is 0 Å². The van der Waals surface area contributed by atoms with Crippen LogP contribution < -0.4 is 0 Å². The number of hydrogen-bond donors (Lipinski definition) is 1. The lowest BCUT2D eigenvalue weighted by Crippen LogP contribution is -2.11. The fourth-order valence-electron chi connectivity index (χ4n) is 2.95. The molecule has 26 heavy (non-hydrogen) atoms. The average molecular weight is 521 g/mol. The van der Waals surface area contributed by atoms with E-state index in [-0.39, 0.29) is 5.92 Å². The third-order valence-corrected chi connectivity index (χ3v) is 5.59. The molecule has 0 fully saturated rings. The molecule has 1 heterocycles. The molecule has 0 aliphatic heterocycles. The summed E-state index contributed by atoms with van der Waals surface area (Å²) in [5.74, 6) is 0.103. The first kappa shape index (κ1) is 19.0. The van der Waals surface area contributed by atoms with Crippen molar-refractivity contribution in [2.45, 2.75) is 16.8 Å². The SMILES string of the molecule is O/N=C(\CC(c1ccccc1)c1ccc(Br)cc1)c1ccnc(CI)c1. The van der Waals surface area contributed by atoms with Gasteiger partial charge in [-0.15, -0.1) is 0 Å². The Balaban J connectivity index is 1.97. The summed E-state index contributed by atoms with van der Waals surface area (Å²) in [5.41, 5.74) is 4.93. The van der Waals surface area contributed by atoms with Gasteiger partial charge in [-0.2, -0.15) is 0 Å². The summed E-state index contributed by atoms with van der Waals surface area (Å²) < 4.78 is 1.86. The van der Waals surface area contributed by atoms with Gasteiger partial charge in [0.05, 0.1) is 11.4 Å². The molecule has 1 aromatic heterocycles. The van der Waals surface area contributed by atoms with Crippen molar-refractivity contribution in [3.05, 3.63) is 99.8 Å². The van der Waals surface area contributed by atoms with Crippen LogP contribution >= 0.6 is 38.5 Å². The molecule has 0 saturated carbocycles. The number of rotatable bonds is 6. The van der Waals surface area contributed by atoms with Crippen molar-refractivity contribution in [2.75, 3.05) is 0 Å². The van der Waals surface area contributed by atoms with E-state index in [4.69, 9.17) is 0 Å². The van der Waals surface area contributed by atoms with Crippen LogP contribution in [0.5, 0.6) is 0 Å². The van der Waals surface area contributed by atoms with Crippen molar-refractivity contribution < 1.29 is 5.21 Å². The van der Waals surface area contributed by atoms with Crippen LogP contribution in [0.2, 0.25) is 0 Å². The van der Waals surface area contributed by atoms with Crippen molar-refractivity contribution in [3.8, 4) is 0 Å². The second-order valence-electron chi connectivity index (χ2n) is 5.94. The Kier molecular flexibility index (Phi) is 6.80. The van der Waals surface area contributed by atoms with Gasteiger partial charge in [-0.3, -0.25) is 4.98 Å². The minimum Gasteiger partial charge on any atom is -0.411 e. The standard InChI is InChI=1S/C21H18BrIN2O/c22-18-8-6-16(7-9-18)20(15-4-2-1-3-5-15)13-21(25-26)17-10-11-24-19(12-17)14-23/h1-12,20,26H,13-14H2/b25-21+. The highest BCUT2D eigenvalue weighted by Gasteiger charge is 2.19. The molecule has 1 unspecified atom stereocenters. The predicted molar refractivity (Wildman–Crippen MR) is 117 cm³/mol. The quantitative estimate of drug-likeness (QED) is 0.139. The van der Waals surface area contributed by atoms with Crippen molar-refractivity contribution in [1.29, 1.82) is 0 Å². The maximum absolute atomic E-state index is 9.69. The number of oxime groups is 1. The summed E-state index contributed by atoms with van der Waals surface area (Å²) in [6.07, 6.45) is 2.37. The molecular weight excluding hydrogens is 503 g/mol. The van der Waals surface area contributed by atoms with Crippen LogP contribution in [0.3, 0.4) is 0 Å². The zero-order chi connectivity index (χ0) is 18.4. The molecule has 0 aliphatic rings. The van der Waals surface area contributed by atoms with Crippen molar-refractivity contribution in [3.63, 3.8) is 0 Å². The smallest absolute Gasteiger partial charge is 0.0878 e. The molecule has 0 saturated heterocycles. The number of nitrogens with zero attached hydrogens (tertiary/aromatic N) is 2. The van der Waals surface area contributed by atoms with Gasteiger partial charge in [-0.1, -0.05) is 86.1 Å². The van der Waals surface area contributed by atoms with Gasteiger partial charge >= 0.3 is 0 Å². The van der Waals surface area contributed by atoms with Gasteiger partial charge in [0, 0.05) is 33.0 Å². The normalized spacial score (nSPS) is 12.8. The summed E-state index contributed by atoms with van der Waals surface area (Å²) in [4.78, 5) is 4.33. The molecule has 0 aliphatic carbocycles.